The highest BCUT2D eigenvalue weighted by atomic mass is 19.1. The third-order valence-corrected chi connectivity index (χ3v) is 2.23. The van der Waals surface area contributed by atoms with Gasteiger partial charge in [0, 0.05) is 26.2 Å². The normalized spacial score (nSPS) is 20.7. The standard InChI is InChI=1S/C10H17FN2/c1-3-9(11)10(4-2)13-7-5-12-6-8-13/h3-4,12H,5-8H2,1-2H3. The SMILES string of the molecule is CC=C(F)C(=CC)N1CCNCC1. The molecule has 1 aliphatic heterocycles. The van der Waals surface area contributed by atoms with Crippen LogP contribution in [-0.4, -0.2) is 31.1 Å². The maximum absolute atomic E-state index is 13.3. The van der Waals surface area contributed by atoms with Crippen molar-refractivity contribution >= 4 is 0 Å². The van der Waals surface area contributed by atoms with Gasteiger partial charge >= 0.3 is 0 Å². The highest BCUT2D eigenvalue weighted by Gasteiger charge is 2.14. The summed E-state index contributed by atoms with van der Waals surface area (Å²) in [6.45, 7) is 7.26. The van der Waals surface area contributed by atoms with E-state index in [9.17, 15) is 4.39 Å². The fourth-order valence-corrected chi connectivity index (χ4v) is 1.53. The van der Waals surface area contributed by atoms with Crippen LogP contribution in [0, 0.1) is 0 Å². The molecule has 13 heavy (non-hydrogen) atoms. The lowest BCUT2D eigenvalue weighted by atomic mass is 10.2. The summed E-state index contributed by atoms with van der Waals surface area (Å²) in [4.78, 5) is 2.08. The quantitative estimate of drug-likeness (QED) is 0.657. The summed E-state index contributed by atoms with van der Waals surface area (Å²) in [5.74, 6) is -0.121. The predicted molar refractivity (Wildman–Crippen MR) is 53.1 cm³/mol. The molecule has 1 N–H and O–H groups in total. The summed E-state index contributed by atoms with van der Waals surface area (Å²) in [5.41, 5.74) is 0.726. The number of piperazine rings is 1. The van der Waals surface area contributed by atoms with Gasteiger partial charge in [0.05, 0.1) is 5.70 Å². The maximum atomic E-state index is 13.3. The van der Waals surface area contributed by atoms with E-state index in [4.69, 9.17) is 0 Å². The summed E-state index contributed by atoms with van der Waals surface area (Å²) in [5, 5.41) is 3.24. The molecule has 2 nitrogen and oxygen atoms in total. The third kappa shape index (κ3) is 2.56. The average Bonchev–Trinajstić information content (AvgIpc) is 2.20. The topological polar surface area (TPSA) is 15.3 Å². The molecule has 74 valence electrons. The molecule has 0 aliphatic carbocycles. The molecule has 0 radical (unpaired) electrons. The fourth-order valence-electron chi connectivity index (χ4n) is 1.53. The van der Waals surface area contributed by atoms with Crippen LogP contribution in [0.5, 0.6) is 0 Å². The highest BCUT2D eigenvalue weighted by Crippen LogP contribution is 2.16. The van der Waals surface area contributed by atoms with Crippen LogP contribution in [0.1, 0.15) is 13.8 Å². The molecular formula is C10H17FN2. The van der Waals surface area contributed by atoms with Crippen molar-refractivity contribution in [1.29, 1.82) is 0 Å². The van der Waals surface area contributed by atoms with E-state index < -0.39 is 0 Å². The van der Waals surface area contributed by atoms with Crippen molar-refractivity contribution in [2.45, 2.75) is 13.8 Å². The molecular weight excluding hydrogens is 167 g/mol. The van der Waals surface area contributed by atoms with Crippen LogP contribution in [0.4, 0.5) is 4.39 Å². The van der Waals surface area contributed by atoms with E-state index in [0.717, 1.165) is 31.9 Å². The molecule has 0 unspecified atom stereocenters. The zero-order chi connectivity index (χ0) is 9.68. The zero-order valence-electron chi connectivity index (χ0n) is 8.31. The molecule has 0 amide bonds. The monoisotopic (exact) mass is 184 g/mol. The van der Waals surface area contributed by atoms with Gasteiger partial charge in [0.1, 0.15) is 5.83 Å². The average molecular weight is 184 g/mol. The van der Waals surface area contributed by atoms with E-state index in [2.05, 4.69) is 10.2 Å². The summed E-state index contributed by atoms with van der Waals surface area (Å²) in [6, 6.07) is 0. The minimum Gasteiger partial charge on any atom is -0.367 e. The van der Waals surface area contributed by atoms with Crippen molar-refractivity contribution in [3.63, 3.8) is 0 Å². The Morgan fingerprint density at radius 2 is 1.85 bits per heavy atom. The van der Waals surface area contributed by atoms with E-state index in [-0.39, 0.29) is 5.83 Å². The molecule has 3 heteroatoms. The van der Waals surface area contributed by atoms with Crippen molar-refractivity contribution in [2.24, 2.45) is 0 Å². The van der Waals surface area contributed by atoms with Gasteiger partial charge < -0.3 is 10.2 Å². The lowest BCUT2D eigenvalue weighted by molar-refractivity contribution is 0.293. The van der Waals surface area contributed by atoms with Gasteiger partial charge in [0.15, 0.2) is 0 Å². The Labute approximate surface area is 79.1 Å². The van der Waals surface area contributed by atoms with Crippen molar-refractivity contribution < 1.29 is 4.39 Å². The summed E-state index contributed by atoms with van der Waals surface area (Å²) >= 11 is 0. The first-order valence-electron chi connectivity index (χ1n) is 4.73. The Kier molecular flexibility index (Phi) is 3.96. The van der Waals surface area contributed by atoms with Gasteiger partial charge in [-0.1, -0.05) is 6.08 Å². The van der Waals surface area contributed by atoms with Crippen LogP contribution in [0.25, 0.3) is 0 Å². The van der Waals surface area contributed by atoms with E-state index in [0.29, 0.717) is 0 Å². The maximum Gasteiger partial charge on any atom is 0.141 e. The zero-order valence-corrected chi connectivity index (χ0v) is 8.31. The second-order valence-corrected chi connectivity index (χ2v) is 3.05. The van der Waals surface area contributed by atoms with Crippen molar-refractivity contribution in [1.82, 2.24) is 10.2 Å². The Hall–Kier alpha value is -0.830. The first kappa shape index (κ1) is 10.3. The van der Waals surface area contributed by atoms with Crippen LogP contribution in [0.2, 0.25) is 0 Å². The molecule has 0 aromatic heterocycles. The van der Waals surface area contributed by atoms with Crippen molar-refractivity contribution in [2.75, 3.05) is 26.2 Å². The van der Waals surface area contributed by atoms with Crippen LogP contribution >= 0.6 is 0 Å². The Bertz CT molecular complexity index is 215. The Balaban J connectivity index is 2.66. The number of rotatable bonds is 2. The number of nitrogens with zero attached hydrogens (tertiary/aromatic N) is 1. The minimum atomic E-state index is -0.121. The molecule has 0 saturated carbocycles. The summed E-state index contributed by atoms with van der Waals surface area (Å²) < 4.78 is 13.3. The van der Waals surface area contributed by atoms with Crippen LogP contribution in [0.3, 0.4) is 0 Å². The lowest BCUT2D eigenvalue weighted by Crippen LogP contribution is -2.42. The summed E-state index contributed by atoms with van der Waals surface area (Å²) in [7, 11) is 0. The number of hydrogen-bond donors (Lipinski definition) is 1. The summed E-state index contributed by atoms with van der Waals surface area (Å²) in [6.07, 6.45) is 3.35. The molecule has 1 heterocycles. The first-order valence-corrected chi connectivity index (χ1v) is 4.73. The minimum absolute atomic E-state index is 0.121. The van der Waals surface area contributed by atoms with Crippen LogP contribution in [0.15, 0.2) is 23.7 Å². The molecule has 0 aromatic rings. The third-order valence-electron chi connectivity index (χ3n) is 2.23. The predicted octanol–water partition coefficient (Wildman–Crippen LogP) is 1.67. The lowest BCUT2D eigenvalue weighted by Gasteiger charge is -2.30. The van der Waals surface area contributed by atoms with Gasteiger partial charge in [0.2, 0.25) is 0 Å². The molecule has 0 bridgehead atoms. The molecule has 1 rings (SSSR count). The van der Waals surface area contributed by atoms with Gasteiger partial charge in [-0.25, -0.2) is 4.39 Å². The van der Waals surface area contributed by atoms with E-state index in [1.54, 1.807) is 6.92 Å². The van der Waals surface area contributed by atoms with E-state index >= 15 is 0 Å². The Morgan fingerprint density at radius 1 is 1.23 bits per heavy atom. The Morgan fingerprint density at radius 3 is 2.31 bits per heavy atom. The fraction of sp³-hybridized carbons (Fsp3) is 0.600. The van der Waals surface area contributed by atoms with Gasteiger partial charge in [-0.15, -0.1) is 0 Å². The molecule has 0 aromatic carbocycles. The molecule has 0 atom stereocenters. The molecule has 1 saturated heterocycles. The van der Waals surface area contributed by atoms with E-state index in [1.807, 2.05) is 13.0 Å². The van der Waals surface area contributed by atoms with Crippen LogP contribution in [-0.2, 0) is 0 Å². The van der Waals surface area contributed by atoms with Gasteiger partial charge in [-0.2, -0.15) is 0 Å². The van der Waals surface area contributed by atoms with E-state index in [1.165, 1.54) is 6.08 Å². The second-order valence-electron chi connectivity index (χ2n) is 3.05. The van der Waals surface area contributed by atoms with Crippen LogP contribution < -0.4 is 5.32 Å². The first-order chi connectivity index (χ1) is 6.29. The smallest absolute Gasteiger partial charge is 0.141 e. The number of halogens is 1. The molecule has 0 spiro atoms. The highest BCUT2D eigenvalue weighted by molar-refractivity contribution is 5.23. The number of hydrogen-bond acceptors (Lipinski definition) is 2. The van der Waals surface area contributed by atoms with Crippen molar-refractivity contribution in [3.05, 3.63) is 23.7 Å². The van der Waals surface area contributed by atoms with Crippen molar-refractivity contribution in [3.8, 4) is 0 Å². The molecule has 1 aliphatic rings. The number of nitrogens with one attached hydrogen (secondary N) is 1. The second kappa shape index (κ2) is 5.02. The van der Waals surface area contributed by atoms with Gasteiger partial charge in [0.25, 0.3) is 0 Å². The number of allylic oxidation sites excluding steroid dienone is 3. The van der Waals surface area contributed by atoms with Gasteiger partial charge in [-0.05, 0) is 19.9 Å². The van der Waals surface area contributed by atoms with Gasteiger partial charge in [-0.3, -0.25) is 0 Å². The largest absolute Gasteiger partial charge is 0.367 e. The molecule has 1 fully saturated rings.